The van der Waals surface area contributed by atoms with Gasteiger partial charge in [-0.1, -0.05) is 25.7 Å². The molecule has 1 nitrogen and oxygen atoms in total. The lowest BCUT2D eigenvalue weighted by Crippen LogP contribution is -2.41. The lowest BCUT2D eigenvalue weighted by molar-refractivity contribution is -0.0460. The first-order valence-electron chi connectivity index (χ1n) is 5.06. The van der Waals surface area contributed by atoms with Crippen molar-refractivity contribution in [3.8, 4) is 0 Å². The van der Waals surface area contributed by atoms with Gasteiger partial charge in [-0.3, -0.25) is 0 Å². The van der Waals surface area contributed by atoms with Crippen LogP contribution in [0.3, 0.4) is 0 Å². The fraction of sp³-hybridized carbons (Fsp3) is 1.00. The van der Waals surface area contributed by atoms with Gasteiger partial charge in [0, 0.05) is 0 Å². The molecule has 0 spiro atoms. The van der Waals surface area contributed by atoms with Gasteiger partial charge in [0.15, 0.2) is 0 Å². The summed E-state index contributed by atoms with van der Waals surface area (Å²) in [6, 6.07) is 0. The normalized spacial score (nSPS) is 45.0. The van der Waals surface area contributed by atoms with Crippen LogP contribution < -0.4 is 0 Å². The van der Waals surface area contributed by atoms with Crippen molar-refractivity contribution in [1.29, 1.82) is 0 Å². The van der Waals surface area contributed by atoms with Gasteiger partial charge in [-0.05, 0) is 31.1 Å². The van der Waals surface area contributed by atoms with Crippen molar-refractivity contribution in [1.82, 2.24) is 0 Å². The van der Waals surface area contributed by atoms with Crippen LogP contribution in [0.4, 0.5) is 0 Å². The van der Waals surface area contributed by atoms with E-state index in [2.05, 4.69) is 0 Å². The van der Waals surface area contributed by atoms with E-state index < -0.39 is 0 Å². The summed E-state index contributed by atoms with van der Waals surface area (Å²) < 4.78 is 0. The molecular formula is C10H18O. The van der Waals surface area contributed by atoms with Crippen molar-refractivity contribution in [3.63, 3.8) is 0 Å². The Labute approximate surface area is 68.8 Å². The lowest BCUT2D eigenvalue weighted by Gasteiger charge is -2.43. The second kappa shape index (κ2) is 3.14. The third-order valence-electron chi connectivity index (χ3n) is 3.51. The van der Waals surface area contributed by atoms with Crippen LogP contribution in [0.2, 0.25) is 0 Å². The fourth-order valence-corrected chi connectivity index (χ4v) is 2.68. The van der Waals surface area contributed by atoms with Crippen LogP contribution in [-0.4, -0.2) is 11.2 Å². The molecule has 1 N–H and O–H groups in total. The van der Waals surface area contributed by atoms with Gasteiger partial charge in [-0.25, -0.2) is 0 Å². The highest BCUT2D eigenvalue weighted by atomic mass is 16.3. The molecular weight excluding hydrogens is 136 g/mol. The molecule has 2 rings (SSSR count). The largest absolute Gasteiger partial charge is 0.393 e. The summed E-state index contributed by atoms with van der Waals surface area (Å²) in [7, 11) is 0. The number of fused-ring (bicyclic) bond motifs is 1. The van der Waals surface area contributed by atoms with Crippen molar-refractivity contribution in [2.24, 2.45) is 11.8 Å². The Balaban J connectivity index is 1.87. The first-order valence-corrected chi connectivity index (χ1v) is 5.06. The van der Waals surface area contributed by atoms with E-state index in [1.165, 1.54) is 38.5 Å². The zero-order chi connectivity index (χ0) is 7.68. The molecule has 1 heteroatoms. The maximum absolute atomic E-state index is 9.46. The monoisotopic (exact) mass is 154 g/mol. The fourth-order valence-electron chi connectivity index (χ4n) is 2.68. The van der Waals surface area contributed by atoms with Crippen molar-refractivity contribution < 1.29 is 5.11 Å². The minimum absolute atomic E-state index is 0.0677. The van der Waals surface area contributed by atoms with Gasteiger partial charge in [-0.15, -0.1) is 0 Å². The molecule has 0 aromatic heterocycles. The average molecular weight is 154 g/mol. The van der Waals surface area contributed by atoms with E-state index in [4.69, 9.17) is 0 Å². The van der Waals surface area contributed by atoms with Crippen LogP contribution in [0.25, 0.3) is 0 Å². The van der Waals surface area contributed by atoms with Gasteiger partial charge in [0.05, 0.1) is 6.10 Å². The highest BCUT2D eigenvalue weighted by Crippen LogP contribution is 2.42. The van der Waals surface area contributed by atoms with Gasteiger partial charge < -0.3 is 5.11 Å². The van der Waals surface area contributed by atoms with Gasteiger partial charge in [0.25, 0.3) is 0 Å². The number of aliphatic hydroxyl groups excluding tert-OH is 1. The zero-order valence-corrected chi connectivity index (χ0v) is 7.13. The second-order valence-corrected chi connectivity index (χ2v) is 4.22. The number of rotatable bonds is 0. The van der Waals surface area contributed by atoms with E-state index in [1.807, 2.05) is 0 Å². The van der Waals surface area contributed by atoms with Gasteiger partial charge in [-0.2, -0.15) is 0 Å². The predicted octanol–water partition coefficient (Wildman–Crippen LogP) is 2.34. The molecule has 0 heterocycles. The smallest absolute Gasteiger partial charge is 0.0573 e. The topological polar surface area (TPSA) is 20.2 Å². The summed E-state index contributed by atoms with van der Waals surface area (Å²) in [5.41, 5.74) is 0. The molecule has 0 aromatic rings. The Hall–Kier alpha value is -0.0400. The predicted molar refractivity (Wildman–Crippen MR) is 45.3 cm³/mol. The third-order valence-corrected chi connectivity index (χ3v) is 3.51. The molecule has 0 aliphatic heterocycles. The number of hydrogen-bond acceptors (Lipinski definition) is 1. The first-order chi connectivity index (χ1) is 5.38. The summed E-state index contributed by atoms with van der Waals surface area (Å²) in [6.45, 7) is 0. The van der Waals surface area contributed by atoms with Crippen LogP contribution in [-0.2, 0) is 0 Å². The Morgan fingerprint density at radius 1 is 0.909 bits per heavy atom. The maximum atomic E-state index is 9.46. The quantitative estimate of drug-likeness (QED) is 0.568. The van der Waals surface area contributed by atoms with Crippen LogP contribution in [0.5, 0.6) is 0 Å². The Kier molecular flexibility index (Phi) is 2.17. The molecule has 2 fully saturated rings. The molecule has 0 aromatic carbocycles. The minimum atomic E-state index is 0.0677. The third kappa shape index (κ3) is 1.44. The molecule has 11 heavy (non-hydrogen) atoms. The van der Waals surface area contributed by atoms with Gasteiger partial charge >= 0.3 is 0 Å². The summed E-state index contributed by atoms with van der Waals surface area (Å²) in [5.74, 6) is 1.58. The van der Waals surface area contributed by atoms with Crippen molar-refractivity contribution in [3.05, 3.63) is 0 Å². The minimum Gasteiger partial charge on any atom is -0.393 e. The van der Waals surface area contributed by atoms with Crippen molar-refractivity contribution >= 4 is 0 Å². The van der Waals surface area contributed by atoms with Crippen molar-refractivity contribution in [2.45, 2.75) is 51.0 Å². The molecule has 3 unspecified atom stereocenters. The Morgan fingerprint density at radius 2 is 1.64 bits per heavy atom. The second-order valence-electron chi connectivity index (χ2n) is 4.22. The van der Waals surface area contributed by atoms with E-state index in [1.54, 1.807) is 0 Å². The molecule has 2 saturated carbocycles. The molecule has 64 valence electrons. The molecule has 3 atom stereocenters. The highest BCUT2D eigenvalue weighted by molar-refractivity contribution is 4.89. The number of aliphatic hydroxyl groups is 1. The summed E-state index contributed by atoms with van der Waals surface area (Å²) >= 11 is 0. The standard InChI is InChI=1S/C10H18O/c11-10-7-8-5-3-1-2-4-6-9(8)10/h8-11H,1-7H2. The summed E-state index contributed by atoms with van der Waals surface area (Å²) in [4.78, 5) is 0. The van der Waals surface area contributed by atoms with Gasteiger partial charge in [0.1, 0.15) is 0 Å². The molecule has 0 radical (unpaired) electrons. The zero-order valence-electron chi connectivity index (χ0n) is 7.13. The molecule has 2 aliphatic carbocycles. The SMILES string of the molecule is OC1CC2CCCCCCC12. The highest BCUT2D eigenvalue weighted by Gasteiger charge is 2.38. The van der Waals surface area contributed by atoms with Gasteiger partial charge in [0.2, 0.25) is 0 Å². The van der Waals surface area contributed by atoms with E-state index in [-0.39, 0.29) is 6.10 Å². The molecule has 0 bridgehead atoms. The van der Waals surface area contributed by atoms with E-state index in [0.29, 0.717) is 5.92 Å². The van der Waals surface area contributed by atoms with Crippen molar-refractivity contribution in [2.75, 3.05) is 0 Å². The van der Waals surface area contributed by atoms with Crippen LogP contribution in [0, 0.1) is 11.8 Å². The number of hydrogen-bond donors (Lipinski definition) is 1. The van der Waals surface area contributed by atoms with Crippen LogP contribution in [0.15, 0.2) is 0 Å². The molecule has 0 saturated heterocycles. The Morgan fingerprint density at radius 3 is 2.36 bits per heavy atom. The Bertz CT molecular complexity index is 133. The summed E-state index contributed by atoms with van der Waals surface area (Å²) in [6.07, 6.45) is 9.46. The van der Waals surface area contributed by atoms with Crippen LogP contribution >= 0.6 is 0 Å². The van der Waals surface area contributed by atoms with E-state index in [0.717, 1.165) is 12.3 Å². The molecule has 0 amide bonds. The van der Waals surface area contributed by atoms with Crippen LogP contribution in [0.1, 0.15) is 44.9 Å². The summed E-state index contributed by atoms with van der Waals surface area (Å²) in [5, 5.41) is 9.46. The first kappa shape index (κ1) is 7.60. The lowest BCUT2D eigenvalue weighted by atomic mass is 9.65. The molecule has 2 aliphatic rings. The van der Waals surface area contributed by atoms with E-state index >= 15 is 0 Å². The average Bonchev–Trinajstić information content (AvgIpc) is 1.96. The van der Waals surface area contributed by atoms with E-state index in [9.17, 15) is 5.11 Å². The maximum Gasteiger partial charge on any atom is 0.0573 e.